The highest BCUT2D eigenvalue weighted by Crippen LogP contribution is 2.13. The molecule has 0 radical (unpaired) electrons. The molecule has 3 N–H and O–H groups in total. The minimum Gasteiger partial charge on any atom is -0.492 e. The monoisotopic (exact) mass is 280 g/mol. The second kappa shape index (κ2) is 6.21. The largest absolute Gasteiger partial charge is 0.492 e. The predicted octanol–water partition coefficient (Wildman–Crippen LogP) is 1.22. The van der Waals surface area contributed by atoms with Gasteiger partial charge in [0.1, 0.15) is 12.4 Å². The summed E-state index contributed by atoms with van der Waals surface area (Å²) in [4.78, 5) is 11.3. The molecular weight excluding hydrogens is 268 g/mol. The Kier molecular flexibility index (Phi) is 4.38. The van der Waals surface area contributed by atoms with Crippen LogP contribution in [0.2, 0.25) is 5.02 Å². The first-order valence-electron chi connectivity index (χ1n) is 5.61. The number of hydrazine groups is 1. The number of amides is 1. The normalized spacial score (nSPS) is 10.2. The Morgan fingerprint density at radius 1 is 1.53 bits per heavy atom. The van der Waals surface area contributed by atoms with Crippen LogP contribution in [0.25, 0.3) is 0 Å². The maximum Gasteiger partial charge on any atom is 0.265 e. The van der Waals surface area contributed by atoms with Crippen LogP contribution in [0.3, 0.4) is 0 Å². The first-order valence-corrected chi connectivity index (χ1v) is 5.98. The maximum atomic E-state index is 11.3. The van der Waals surface area contributed by atoms with Crippen LogP contribution in [0, 0.1) is 0 Å². The summed E-state index contributed by atoms with van der Waals surface area (Å²) in [6, 6.07) is 6.77. The van der Waals surface area contributed by atoms with E-state index in [-0.39, 0.29) is 5.91 Å². The number of hydrogen-bond acceptors (Lipinski definition) is 4. The van der Waals surface area contributed by atoms with Gasteiger partial charge in [-0.1, -0.05) is 17.7 Å². The highest BCUT2D eigenvalue weighted by molar-refractivity contribution is 6.30. The summed E-state index contributed by atoms with van der Waals surface area (Å²) in [7, 11) is 0. The fraction of sp³-hybridized carbons (Fsp3) is 0.167. The molecule has 100 valence electrons. The van der Waals surface area contributed by atoms with Crippen LogP contribution >= 0.6 is 11.6 Å². The van der Waals surface area contributed by atoms with Crippen molar-refractivity contribution in [3.8, 4) is 5.75 Å². The second-order valence-corrected chi connectivity index (χ2v) is 4.21. The van der Waals surface area contributed by atoms with Crippen molar-refractivity contribution in [1.82, 2.24) is 15.2 Å². The van der Waals surface area contributed by atoms with Gasteiger partial charge in [-0.3, -0.25) is 14.9 Å². The summed E-state index contributed by atoms with van der Waals surface area (Å²) >= 11 is 5.75. The summed E-state index contributed by atoms with van der Waals surface area (Å²) in [5, 5.41) is 4.61. The van der Waals surface area contributed by atoms with Crippen LogP contribution < -0.4 is 16.0 Å². The van der Waals surface area contributed by atoms with E-state index in [4.69, 9.17) is 22.2 Å². The number of rotatable bonds is 5. The van der Waals surface area contributed by atoms with Crippen LogP contribution in [0.1, 0.15) is 10.4 Å². The lowest BCUT2D eigenvalue weighted by Gasteiger charge is -2.07. The SMILES string of the molecule is NNC(=O)c1cccc(OCCn2cc(Cl)cn2)c1. The van der Waals surface area contributed by atoms with Crippen molar-refractivity contribution in [1.29, 1.82) is 0 Å². The van der Waals surface area contributed by atoms with E-state index in [1.807, 2.05) is 0 Å². The number of aromatic nitrogens is 2. The van der Waals surface area contributed by atoms with E-state index in [1.54, 1.807) is 41.3 Å². The summed E-state index contributed by atoms with van der Waals surface area (Å²) in [5.41, 5.74) is 2.52. The van der Waals surface area contributed by atoms with Gasteiger partial charge in [0.05, 0.1) is 17.8 Å². The molecule has 1 aromatic carbocycles. The van der Waals surface area contributed by atoms with Gasteiger partial charge >= 0.3 is 0 Å². The number of nitrogen functional groups attached to an aromatic ring is 1. The van der Waals surface area contributed by atoms with Crippen molar-refractivity contribution in [3.63, 3.8) is 0 Å². The fourth-order valence-corrected chi connectivity index (χ4v) is 1.68. The summed E-state index contributed by atoms with van der Waals surface area (Å²) in [6.45, 7) is 0.992. The second-order valence-electron chi connectivity index (χ2n) is 3.77. The fourth-order valence-electron chi connectivity index (χ4n) is 1.53. The van der Waals surface area contributed by atoms with Gasteiger partial charge in [0.2, 0.25) is 0 Å². The Bertz CT molecular complexity index is 570. The van der Waals surface area contributed by atoms with Gasteiger partial charge in [-0.15, -0.1) is 0 Å². The van der Waals surface area contributed by atoms with Crippen LogP contribution in [-0.4, -0.2) is 22.3 Å². The lowest BCUT2D eigenvalue weighted by molar-refractivity contribution is 0.0953. The van der Waals surface area contributed by atoms with Crippen molar-refractivity contribution in [2.75, 3.05) is 6.61 Å². The van der Waals surface area contributed by atoms with Gasteiger partial charge in [0.25, 0.3) is 5.91 Å². The topological polar surface area (TPSA) is 82.2 Å². The molecule has 0 aliphatic rings. The summed E-state index contributed by atoms with van der Waals surface area (Å²) in [6.07, 6.45) is 3.27. The number of hydrogen-bond donors (Lipinski definition) is 2. The standard InChI is InChI=1S/C12H13ClN4O2/c13-10-7-15-17(8-10)4-5-19-11-3-1-2-9(6-11)12(18)16-14/h1-3,6-8H,4-5,14H2,(H,16,18). The molecule has 0 aliphatic heterocycles. The summed E-state index contributed by atoms with van der Waals surface area (Å²) < 4.78 is 7.21. The third-order valence-electron chi connectivity index (χ3n) is 2.42. The molecule has 0 aliphatic carbocycles. The van der Waals surface area contributed by atoms with E-state index in [0.29, 0.717) is 29.5 Å². The van der Waals surface area contributed by atoms with Gasteiger partial charge in [-0.2, -0.15) is 5.10 Å². The molecule has 2 aromatic rings. The predicted molar refractivity (Wildman–Crippen MR) is 70.8 cm³/mol. The van der Waals surface area contributed by atoms with E-state index in [1.165, 1.54) is 0 Å². The number of nitrogens with two attached hydrogens (primary N) is 1. The average Bonchev–Trinajstić information content (AvgIpc) is 2.84. The molecule has 0 spiro atoms. The Balaban J connectivity index is 1.90. The molecule has 6 nitrogen and oxygen atoms in total. The quantitative estimate of drug-likeness (QED) is 0.490. The molecule has 0 unspecified atom stereocenters. The highest BCUT2D eigenvalue weighted by atomic mass is 35.5. The van der Waals surface area contributed by atoms with Gasteiger partial charge in [-0.25, -0.2) is 5.84 Å². The smallest absolute Gasteiger partial charge is 0.265 e. The van der Waals surface area contributed by atoms with Crippen molar-refractivity contribution in [3.05, 3.63) is 47.2 Å². The minimum absolute atomic E-state index is 0.357. The van der Waals surface area contributed by atoms with Gasteiger partial charge < -0.3 is 4.74 Å². The number of benzene rings is 1. The molecule has 0 saturated carbocycles. The molecule has 19 heavy (non-hydrogen) atoms. The number of nitrogens with one attached hydrogen (secondary N) is 1. The molecule has 0 atom stereocenters. The third kappa shape index (κ3) is 3.70. The van der Waals surface area contributed by atoms with E-state index in [2.05, 4.69) is 10.5 Å². The Hall–Kier alpha value is -2.05. The molecule has 0 bridgehead atoms. The number of nitrogens with zero attached hydrogens (tertiary/aromatic N) is 2. The Morgan fingerprint density at radius 3 is 3.05 bits per heavy atom. The molecular formula is C12H13ClN4O2. The Morgan fingerprint density at radius 2 is 2.37 bits per heavy atom. The maximum absolute atomic E-state index is 11.3. The molecule has 7 heteroatoms. The van der Waals surface area contributed by atoms with Crippen LogP contribution in [0.5, 0.6) is 5.75 Å². The third-order valence-corrected chi connectivity index (χ3v) is 2.61. The zero-order valence-corrected chi connectivity index (χ0v) is 10.8. The lowest BCUT2D eigenvalue weighted by atomic mass is 10.2. The first kappa shape index (κ1) is 13.4. The zero-order chi connectivity index (χ0) is 13.7. The molecule has 0 saturated heterocycles. The number of halogens is 1. The van der Waals surface area contributed by atoms with E-state index in [9.17, 15) is 4.79 Å². The molecule has 0 fully saturated rings. The van der Waals surface area contributed by atoms with Gasteiger partial charge in [0.15, 0.2) is 0 Å². The van der Waals surface area contributed by atoms with Gasteiger partial charge in [-0.05, 0) is 18.2 Å². The van der Waals surface area contributed by atoms with Crippen molar-refractivity contribution in [2.24, 2.45) is 5.84 Å². The van der Waals surface area contributed by atoms with Crippen molar-refractivity contribution < 1.29 is 9.53 Å². The number of ether oxygens (including phenoxy) is 1. The van der Waals surface area contributed by atoms with E-state index < -0.39 is 0 Å². The molecule has 1 aromatic heterocycles. The average molecular weight is 281 g/mol. The lowest BCUT2D eigenvalue weighted by Crippen LogP contribution is -2.29. The highest BCUT2D eigenvalue weighted by Gasteiger charge is 2.04. The summed E-state index contributed by atoms with van der Waals surface area (Å²) in [5.74, 6) is 5.31. The zero-order valence-electron chi connectivity index (χ0n) is 10.0. The van der Waals surface area contributed by atoms with Crippen molar-refractivity contribution >= 4 is 17.5 Å². The number of carbonyl (C=O) groups excluding carboxylic acids is 1. The first-order chi connectivity index (χ1) is 9.19. The van der Waals surface area contributed by atoms with Crippen molar-refractivity contribution in [2.45, 2.75) is 6.54 Å². The van der Waals surface area contributed by atoms with Crippen LogP contribution in [-0.2, 0) is 6.54 Å². The molecule has 2 rings (SSSR count). The van der Waals surface area contributed by atoms with Crippen LogP contribution in [0.15, 0.2) is 36.7 Å². The van der Waals surface area contributed by atoms with Crippen LogP contribution in [0.4, 0.5) is 0 Å². The molecule has 1 amide bonds. The van der Waals surface area contributed by atoms with E-state index in [0.717, 1.165) is 0 Å². The minimum atomic E-state index is -0.357. The van der Waals surface area contributed by atoms with Gasteiger partial charge in [0, 0.05) is 11.8 Å². The molecule has 1 heterocycles. The van der Waals surface area contributed by atoms with E-state index >= 15 is 0 Å². The number of carbonyl (C=O) groups is 1. The Labute approximate surface area is 115 Å².